The zero-order chi connectivity index (χ0) is 17.3. The normalized spacial score (nSPS) is 20.4. The van der Waals surface area contributed by atoms with Crippen LogP contribution in [0.15, 0.2) is 54.6 Å². The van der Waals surface area contributed by atoms with Crippen molar-refractivity contribution in [2.45, 2.75) is 19.8 Å². The Morgan fingerprint density at radius 3 is 2.12 bits per heavy atom. The molecule has 1 fully saturated rings. The van der Waals surface area contributed by atoms with E-state index >= 15 is 0 Å². The summed E-state index contributed by atoms with van der Waals surface area (Å²) in [6.45, 7) is 10.9. The largest absolute Gasteiger partial charge is 0.493 e. The molecule has 3 heteroatoms. The van der Waals surface area contributed by atoms with Gasteiger partial charge in [0.15, 0.2) is 0 Å². The van der Waals surface area contributed by atoms with Crippen molar-refractivity contribution in [3.05, 3.63) is 65.7 Å². The maximum absolute atomic E-state index is 5.93. The lowest BCUT2D eigenvalue weighted by atomic mass is 10.1. The fourth-order valence-corrected chi connectivity index (χ4v) is 3.61. The molecule has 1 aliphatic rings. The highest BCUT2D eigenvalue weighted by Crippen LogP contribution is 2.15. The van der Waals surface area contributed by atoms with Crippen LogP contribution in [0.4, 0.5) is 0 Å². The van der Waals surface area contributed by atoms with E-state index in [0.29, 0.717) is 0 Å². The summed E-state index contributed by atoms with van der Waals surface area (Å²) in [6.07, 6.45) is 2.12. The van der Waals surface area contributed by atoms with Crippen LogP contribution >= 0.6 is 0 Å². The second-order valence-corrected chi connectivity index (χ2v) is 7.11. The Hall–Kier alpha value is -1.84. The first-order chi connectivity index (χ1) is 12.3. The molecule has 3 nitrogen and oxygen atoms in total. The Labute approximate surface area is 152 Å². The van der Waals surface area contributed by atoms with Crippen molar-refractivity contribution in [1.29, 1.82) is 0 Å². The van der Waals surface area contributed by atoms with Gasteiger partial charge in [0.05, 0.1) is 19.7 Å². The van der Waals surface area contributed by atoms with Crippen molar-refractivity contribution in [2.75, 3.05) is 45.9 Å². The van der Waals surface area contributed by atoms with Gasteiger partial charge in [-0.05, 0) is 36.6 Å². The highest BCUT2D eigenvalue weighted by Gasteiger charge is 2.20. The van der Waals surface area contributed by atoms with Crippen molar-refractivity contribution in [3.63, 3.8) is 0 Å². The van der Waals surface area contributed by atoms with Gasteiger partial charge >= 0.3 is 0 Å². The van der Waals surface area contributed by atoms with E-state index < -0.39 is 0 Å². The van der Waals surface area contributed by atoms with E-state index in [1.807, 2.05) is 0 Å². The average Bonchev–Trinajstić information content (AvgIpc) is 2.68. The summed E-state index contributed by atoms with van der Waals surface area (Å²) in [4.78, 5) is 3.51. The summed E-state index contributed by atoms with van der Waals surface area (Å²) in [6, 6.07) is 19.2. The minimum absolute atomic E-state index is 0.825. The first-order valence-corrected chi connectivity index (χ1v) is 9.76. The standard InChI is InChI=1S/C22H30N2O/c1-2-23-14-16-24(17-15-23)13-6-18-25-22-11-9-21(10-12-22)19-20-7-4-3-5-8-20/h3-5,7-12H,2,6,13-19H2,1H3/p+2. The van der Waals surface area contributed by atoms with Crippen LogP contribution in [0.2, 0.25) is 0 Å². The Kier molecular flexibility index (Phi) is 6.89. The lowest BCUT2D eigenvalue weighted by Crippen LogP contribution is -3.28. The van der Waals surface area contributed by atoms with Gasteiger partial charge < -0.3 is 14.5 Å². The molecular formula is C22H32N2O+2. The van der Waals surface area contributed by atoms with E-state index in [0.717, 1.165) is 25.2 Å². The van der Waals surface area contributed by atoms with Crippen LogP contribution in [0.25, 0.3) is 0 Å². The third kappa shape index (κ3) is 5.87. The summed E-state index contributed by atoms with van der Waals surface area (Å²) >= 11 is 0. The maximum atomic E-state index is 5.93. The number of likely N-dealkylation sites (N-methyl/N-ethyl adjacent to an activating group) is 1. The zero-order valence-corrected chi connectivity index (χ0v) is 15.5. The van der Waals surface area contributed by atoms with Crippen LogP contribution in [0.1, 0.15) is 24.5 Å². The molecule has 134 valence electrons. The lowest BCUT2D eigenvalue weighted by molar-refractivity contribution is -1.01. The minimum atomic E-state index is 0.825. The van der Waals surface area contributed by atoms with Crippen LogP contribution in [-0.4, -0.2) is 45.9 Å². The van der Waals surface area contributed by atoms with E-state index in [4.69, 9.17) is 4.74 Å². The van der Waals surface area contributed by atoms with Crippen molar-refractivity contribution >= 4 is 0 Å². The van der Waals surface area contributed by atoms with Crippen molar-refractivity contribution in [3.8, 4) is 5.75 Å². The summed E-state index contributed by atoms with van der Waals surface area (Å²) in [5, 5.41) is 0. The Balaban J connectivity index is 1.35. The molecule has 2 aromatic rings. The molecule has 0 saturated carbocycles. The van der Waals surface area contributed by atoms with Crippen LogP contribution in [0, 0.1) is 0 Å². The second kappa shape index (κ2) is 9.59. The fourth-order valence-electron chi connectivity index (χ4n) is 3.61. The molecule has 1 heterocycles. The zero-order valence-electron chi connectivity index (χ0n) is 15.5. The van der Waals surface area contributed by atoms with Gasteiger partial charge in [0, 0.05) is 6.42 Å². The molecule has 1 aliphatic heterocycles. The summed E-state index contributed by atoms with van der Waals surface area (Å²) in [5.41, 5.74) is 2.68. The van der Waals surface area contributed by atoms with Crippen molar-refractivity contribution in [2.24, 2.45) is 0 Å². The van der Waals surface area contributed by atoms with E-state index in [1.165, 1.54) is 50.4 Å². The molecular weight excluding hydrogens is 308 g/mol. The van der Waals surface area contributed by atoms with Crippen LogP contribution < -0.4 is 14.5 Å². The summed E-state index contributed by atoms with van der Waals surface area (Å²) in [7, 11) is 0. The number of ether oxygens (including phenoxy) is 1. The van der Waals surface area contributed by atoms with Gasteiger partial charge in [0.25, 0.3) is 0 Å². The maximum Gasteiger partial charge on any atom is 0.127 e. The molecule has 0 aromatic heterocycles. The highest BCUT2D eigenvalue weighted by molar-refractivity contribution is 5.31. The number of piperazine rings is 1. The lowest BCUT2D eigenvalue weighted by Gasteiger charge is -2.28. The van der Waals surface area contributed by atoms with Gasteiger partial charge in [-0.15, -0.1) is 0 Å². The Morgan fingerprint density at radius 1 is 0.800 bits per heavy atom. The Bertz CT molecular complexity index is 604. The van der Waals surface area contributed by atoms with Gasteiger partial charge in [-0.25, -0.2) is 0 Å². The number of quaternary nitrogens is 2. The molecule has 0 radical (unpaired) electrons. The van der Waals surface area contributed by atoms with Crippen LogP contribution in [0.3, 0.4) is 0 Å². The summed E-state index contributed by atoms with van der Waals surface area (Å²) < 4.78 is 5.93. The second-order valence-electron chi connectivity index (χ2n) is 7.11. The number of nitrogens with one attached hydrogen (secondary N) is 2. The fraction of sp³-hybridized carbons (Fsp3) is 0.455. The number of benzene rings is 2. The Morgan fingerprint density at radius 2 is 1.44 bits per heavy atom. The van der Waals surface area contributed by atoms with Gasteiger partial charge in [0.1, 0.15) is 31.9 Å². The van der Waals surface area contributed by atoms with Gasteiger partial charge in [-0.2, -0.15) is 0 Å². The van der Waals surface area contributed by atoms with Crippen LogP contribution in [0.5, 0.6) is 5.75 Å². The molecule has 0 bridgehead atoms. The van der Waals surface area contributed by atoms with Crippen molar-refractivity contribution in [1.82, 2.24) is 0 Å². The highest BCUT2D eigenvalue weighted by atomic mass is 16.5. The molecule has 0 unspecified atom stereocenters. The third-order valence-corrected chi connectivity index (χ3v) is 5.28. The van der Waals surface area contributed by atoms with Crippen LogP contribution in [-0.2, 0) is 6.42 Å². The topological polar surface area (TPSA) is 18.1 Å². The molecule has 1 saturated heterocycles. The first kappa shape index (κ1) is 18.0. The molecule has 3 rings (SSSR count). The molecule has 25 heavy (non-hydrogen) atoms. The van der Waals surface area contributed by atoms with Gasteiger partial charge in [-0.1, -0.05) is 42.5 Å². The first-order valence-electron chi connectivity index (χ1n) is 9.76. The molecule has 2 N–H and O–H groups in total. The number of hydrogen-bond donors (Lipinski definition) is 2. The SMILES string of the molecule is CC[NH+]1CC[NH+](CCCOc2ccc(Cc3ccccc3)cc2)CC1. The number of rotatable bonds is 8. The monoisotopic (exact) mass is 340 g/mol. The van der Waals surface area contributed by atoms with Gasteiger partial charge in [-0.3, -0.25) is 0 Å². The average molecular weight is 341 g/mol. The molecule has 0 aliphatic carbocycles. The molecule has 2 aromatic carbocycles. The molecule has 0 amide bonds. The predicted octanol–water partition coefficient (Wildman–Crippen LogP) is 0.850. The molecule has 0 spiro atoms. The summed E-state index contributed by atoms with van der Waals surface area (Å²) in [5.74, 6) is 0.993. The van der Waals surface area contributed by atoms with E-state index in [-0.39, 0.29) is 0 Å². The van der Waals surface area contributed by atoms with E-state index in [2.05, 4.69) is 61.5 Å². The minimum Gasteiger partial charge on any atom is -0.493 e. The number of hydrogen-bond acceptors (Lipinski definition) is 1. The quantitative estimate of drug-likeness (QED) is 0.682. The smallest absolute Gasteiger partial charge is 0.127 e. The van der Waals surface area contributed by atoms with E-state index in [1.54, 1.807) is 9.80 Å². The van der Waals surface area contributed by atoms with E-state index in [9.17, 15) is 0 Å². The third-order valence-electron chi connectivity index (χ3n) is 5.28. The predicted molar refractivity (Wildman–Crippen MR) is 103 cm³/mol. The van der Waals surface area contributed by atoms with Crippen molar-refractivity contribution < 1.29 is 14.5 Å². The molecule has 0 atom stereocenters. The van der Waals surface area contributed by atoms with Gasteiger partial charge in [0.2, 0.25) is 0 Å².